The SMILES string of the molecule is Cc1cc(S(=O)(=O)Nc2ccc3c(c2)C(=O)N(C)C3=O)ccc1F. The van der Waals surface area contributed by atoms with E-state index in [4.69, 9.17) is 0 Å². The summed E-state index contributed by atoms with van der Waals surface area (Å²) in [4.78, 5) is 24.7. The van der Waals surface area contributed by atoms with Crippen molar-refractivity contribution in [2.75, 3.05) is 11.8 Å². The van der Waals surface area contributed by atoms with Crippen LogP contribution in [0.5, 0.6) is 0 Å². The molecule has 2 amide bonds. The normalized spacial score (nSPS) is 14.0. The van der Waals surface area contributed by atoms with Gasteiger partial charge in [-0.1, -0.05) is 0 Å². The molecule has 0 bridgehead atoms. The molecule has 0 aliphatic carbocycles. The third-order valence-corrected chi connectivity index (χ3v) is 5.16. The number of anilines is 1. The zero-order chi connectivity index (χ0) is 17.6. The molecule has 0 spiro atoms. The Balaban J connectivity index is 1.96. The van der Waals surface area contributed by atoms with E-state index in [2.05, 4.69) is 4.72 Å². The largest absolute Gasteiger partial charge is 0.280 e. The van der Waals surface area contributed by atoms with Crippen molar-refractivity contribution in [3.8, 4) is 0 Å². The van der Waals surface area contributed by atoms with E-state index in [0.717, 1.165) is 17.0 Å². The van der Waals surface area contributed by atoms with Crippen LogP contribution < -0.4 is 4.72 Å². The number of nitrogens with zero attached hydrogens (tertiary/aromatic N) is 1. The van der Waals surface area contributed by atoms with Crippen LogP contribution in [0.25, 0.3) is 0 Å². The minimum atomic E-state index is -3.94. The van der Waals surface area contributed by atoms with E-state index in [0.29, 0.717) is 0 Å². The number of carbonyl (C=O) groups excluding carboxylic acids is 2. The maximum Gasteiger partial charge on any atom is 0.261 e. The lowest BCUT2D eigenvalue weighted by molar-refractivity contribution is 0.0693. The summed E-state index contributed by atoms with van der Waals surface area (Å²) in [5.41, 5.74) is 0.711. The average molecular weight is 348 g/mol. The summed E-state index contributed by atoms with van der Waals surface area (Å²) in [5, 5.41) is 0. The second kappa shape index (κ2) is 5.41. The summed E-state index contributed by atoms with van der Waals surface area (Å²) in [6, 6.07) is 7.55. The maximum atomic E-state index is 13.3. The van der Waals surface area contributed by atoms with Crippen LogP contribution in [-0.2, 0) is 10.0 Å². The molecule has 124 valence electrons. The Morgan fingerprint density at radius 1 is 1.00 bits per heavy atom. The summed E-state index contributed by atoms with van der Waals surface area (Å²) in [6.07, 6.45) is 0. The molecule has 1 aliphatic rings. The molecule has 0 radical (unpaired) electrons. The van der Waals surface area contributed by atoms with Gasteiger partial charge in [0.2, 0.25) is 0 Å². The number of rotatable bonds is 3. The Kier molecular flexibility index (Phi) is 3.64. The van der Waals surface area contributed by atoms with Gasteiger partial charge in [0.25, 0.3) is 21.8 Å². The van der Waals surface area contributed by atoms with Gasteiger partial charge in [0.15, 0.2) is 0 Å². The van der Waals surface area contributed by atoms with Crippen LogP contribution in [0.15, 0.2) is 41.3 Å². The predicted octanol–water partition coefficient (Wildman–Crippen LogP) is 2.16. The van der Waals surface area contributed by atoms with Crippen molar-refractivity contribution < 1.29 is 22.4 Å². The number of hydrogen-bond acceptors (Lipinski definition) is 4. The number of sulfonamides is 1. The van der Waals surface area contributed by atoms with E-state index in [9.17, 15) is 22.4 Å². The van der Waals surface area contributed by atoms with Gasteiger partial charge in [0, 0.05) is 12.7 Å². The monoisotopic (exact) mass is 348 g/mol. The van der Waals surface area contributed by atoms with Crippen molar-refractivity contribution in [3.63, 3.8) is 0 Å². The average Bonchev–Trinajstić information content (AvgIpc) is 2.74. The first-order valence-corrected chi connectivity index (χ1v) is 8.44. The minimum Gasteiger partial charge on any atom is -0.280 e. The summed E-state index contributed by atoms with van der Waals surface area (Å²) >= 11 is 0. The standard InChI is InChI=1S/C16H13FN2O4S/c1-9-7-11(4-6-14(9)17)24(22,23)18-10-3-5-12-13(8-10)16(21)19(2)15(12)20/h3-8,18H,1-2H3. The molecule has 6 nitrogen and oxygen atoms in total. The van der Waals surface area contributed by atoms with E-state index in [1.165, 1.54) is 38.2 Å². The fourth-order valence-corrected chi connectivity index (χ4v) is 3.56. The van der Waals surface area contributed by atoms with Gasteiger partial charge in [-0.05, 0) is 48.9 Å². The molecule has 1 aliphatic heterocycles. The van der Waals surface area contributed by atoms with Crippen LogP contribution in [0.2, 0.25) is 0 Å². The third-order valence-electron chi connectivity index (χ3n) is 3.78. The number of benzene rings is 2. The number of carbonyl (C=O) groups is 2. The Hall–Kier alpha value is -2.74. The highest BCUT2D eigenvalue weighted by atomic mass is 32.2. The topological polar surface area (TPSA) is 83.6 Å². The van der Waals surface area contributed by atoms with Crippen molar-refractivity contribution >= 4 is 27.5 Å². The second-order valence-corrected chi connectivity index (χ2v) is 7.13. The first kappa shape index (κ1) is 16.1. The van der Waals surface area contributed by atoms with Crippen molar-refractivity contribution in [2.45, 2.75) is 11.8 Å². The Morgan fingerprint density at radius 3 is 2.33 bits per heavy atom. The molecular weight excluding hydrogens is 335 g/mol. The van der Waals surface area contributed by atoms with Crippen LogP contribution in [-0.4, -0.2) is 32.2 Å². The molecule has 8 heteroatoms. The van der Waals surface area contributed by atoms with Crippen molar-refractivity contribution in [3.05, 3.63) is 58.9 Å². The lowest BCUT2D eigenvalue weighted by Crippen LogP contribution is -2.24. The zero-order valence-electron chi connectivity index (χ0n) is 12.8. The van der Waals surface area contributed by atoms with Crippen LogP contribution in [0.4, 0.5) is 10.1 Å². The van der Waals surface area contributed by atoms with E-state index >= 15 is 0 Å². The molecular formula is C16H13FN2O4S. The highest BCUT2D eigenvalue weighted by Crippen LogP contribution is 2.26. The van der Waals surface area contributed by atoms with E-state index < -0.39 is 27.7 Å². The molecule has 3 rings (SSSR count). The van der Waals surface area contributed by atoms with Gasteiger partial charge >= 0.3 is 0 Å². The molecule has 0 atom stereocenters. The van der Waals surface area contributed by atoms with Gasteiger partial charge in [-0.2, -0.15) is 0 Å². The second-order valence-electron chi connectivity index (χ2n) is 5.45. The molecule has 0 saturated heterocycles. The van der Waals surface area contributed by atoms with Crippen LogP contribution in [0, 0.1) is 12.7 Å². The number of imide groups is 1. The molecule has 0 aromatic heterocycles. The molecule has 2 aromatic carbocycles. The van der Waals surface area contributed by atoms with Crippen LogP contribution >= 0.6 is 0 Å². The Labute approximate surface area is 138 Å². The molecule has 0 fully saturated rings. The van der Waals surface area contributed by atoms with E-state index in [1.807, 2.05) is 0 Å². The number of hydrogen-bond donors (Lipinski definition) is 1. The molecule has 0 unspecified atom stereocenters. The summed E-state index contributed by atoms with van der Waals surface area (Å²) in [5.74, 6) is -1.43. The number of fused-ring (bicyclic) bond motifs is 1. The summed E-state index contributed by atoms with van der Waals surface area (Å²) < 4.78 is 40.4. The van der Waals surface area contributed by atoms with Crippen molar-refractivity contribution in [1.29, 1.82) is 0 Å². The molecule has 1 heterocycles. The Bertz CT molecular complexity index is 986. The van der Waals surface area contributed by atoms with Gasteiger partial charge in [-0.25, -0.2) is 12.8 Å². The van der Waals surface area contributed by atoms with E-state index in [-0.39, 0.29) is 27.3 Å². The summed E-state index contributed by atoms with van der Waals surface area (Å²) in [6.45, 7) is 1.46. The van der Waals surface area contributed by atoms with Gasteiger partial charge in [0.1, 0.15) is 5.82 Å². The lowest BCUT2D eigenvalue weighted by Gasteiger charge is -2.09. The van der Waals surface area contributed by atoms with Gasteiger partial charge in [-0.15, -0.1) is 0 Å². The van der Waals surface area contributed by atoms with Gasteiger partial charge < -0.3 is 0 Å². The number of halogens is 1. The van der Waals surface area contributed by atoms with E-state index in [1.54, 1.807) is 0 Å². The summed E-state index contributed by atoms with van der Waals surface area (Å²) in [7, 11) is -2.58. The highest BCUT2D eigenvalue weighted by Gasteiger charge is 2.33. The van der Waals surface area contributed by atoms with Gasteiger partial charge in [-0.3, -0.25) is 19.2 Å². The molecule has 1 N–H and O–H groups in total. The van der Waals surface area contributed by atoms with Gasteiger partial charge in [0.05, 0.1) is 16.0 Å². The quantitative estimate of drug-likeness (QED) is 0.862. The minimum absolute atomic E-state index is 0.0959. The smallest absolute Gasteiger partial charge is 0.261 e. The van der Waals surface area contributed by atoms with Crippen LogP contribution in [0.3, 0.4) is 0 Å². The first-order valence-electron chi connectivity index (χ1n) is 6.96. The molecule has 24 heavy (non-hydrogen) atoms. The number of aryl methyl sites for hydroxylation is 1. The predicted molar refractivity (Wildman–Crippen MR) is 84.8 cm³/mol. The number of amides is 2. The maximum absolute atomic E-state index is 13.3. The first-order chi connectivity index (χ1) is 11.2. The fourth-order valence-electron chi connectivity index (χ4n) is 2.42. The highest BCUT2D eigenvalue weighted by molar-refractivity contribution is 7.92. The zero-order valence-corrected chi connectivity index (χ0v) is 13.6. The fraction of sp³-hybridized carbons (Fsp3) is 0.125. The Morgan fingerprint density at radius 2 is 1.67 bits per heavy atom. The lowest BCUT2D eigenvalue weighted by atomic mass is 10.1. The molecule has 2 aromatic rings. The molecule has 0 saturated carbocycles. The van der Waals surface area contributed by atoms with Crippen molar-refractivity contribution in [2.24, 2.45) is 0 Å². The van der Waals surface area contributed by atoms with Crippen molar-refractivity contribution in [1.82, 2.24) is 4.90 Å². The third kappa shape index (κ3) is 2.54. The number of nitrogens with one attached hydrogen (secondary N) is 1. The van der Waals surface area contributed by atoms with Crippen LogP contribution in [0.1, 0.15) is 26.3 Å².